The minimum atomic E-state index is -0.656. The van der Waals surface area contributed by atoms with Crippen molar-refractivity contribution in [2.45, 2.75) is 12.1 Å². The van der Waals surface area contributed by atoms with Gasteiger partial charge in [-0.2, -0.15) is 0 Å². The number of amides is 1. The number of nitrogens with one attached hydrogen (secondary N) is 2. The first-order valence-corrected chi connectivity index (χ1v) is 10.2. The zero-order valence-corrected chi connectivity index (χ0v) is 17.2. The number of benzene rings is 3. The Morgan fingerprint density at radius 2 is 1.40 bits per heavy atom. The Morgan fingerprint density at radius 1 is 0.900 bits per heavy atom. The SMILES string of the molecule is C[NH+](CC(=O)NC(c1ccccc1)c1ccccc1)C[C@@H](O)COc1ccccc1. The van der Waals surface area contributed by atoms with Gasteiger partial charge in [-0.05, 0) is 23.3 Å². The van der Waals surface area contributed by atoms with Crippen LogP contribution in [0.1, 0.15) is 17.2 Å². The lowest BCUT2D eigenvalue weighted by atomic mass is 9.99. The molecule has 156 valence electrons. The van der Waals surface area contributed by atoms with Crippen LogP contribution in [-0.4, -0.2) is 43.9 Å². The highest BCUT2D eigenvalue weighted by Gasteiger charge is 2.20. The van der Waals surface area contributed by atoms with Crippen LogP contribution in [0.25, 0.3) is 0 Å². The van der Waals surface area contributed by atoms with Gasteiger partial charge in [-0.1, -0.05) is 78.9 Å². The molecule has 1 unspecified atom stereocenters. The molecule has 0 aromatic heterocycles. The maximum absolute atomic E-state index is 12.7. The number of aliphatic hydroxyl groups is 1. The molecule has 3 aromatic rings. The van der Waals surface area contributed by atoms with Crippen LogP contribution >= 0.6 is 0 Å². The molecule has 1 amide bonds. The number of rotatable bonds is 10. The average Bonchev–Trinajstić information content (AvgIpc) is 2.78. The normalized spacial score (nSPS) is 12.9. The third-order valence-electron chi connectivity index (χ3n) is 4.80. The van der Waals surface area contributed by atoms with Crippen LogP contribution in [0, 0.1) is 0 Å². The molecule has 0 radical (unpaired) electrons. The van der Waals surface area contributed by atoms with E-state index >= 15 is 0 Å². The van der Waals surface area contributed by atoms with Crippen molar-refractivity contribution >= 4 is 5.91 Å². The molecule has 0 aliphatic rings. The van der Waals surface area contributed by atoms with Gasteiger partial charge in [0.25, 0.3) is 5.91 Å². The number of ether oxygens (including phenoxy) is 1. The largest absolute Gasteiger partial charge is 0.491 e. The molecule has 3 aromatic carbocycles. The van der Waals surface area contributed by atoms with Crippen molar-refractivity contribution < 1.29 is 19.5 Å². The van der Waals surface area contributed by atoms with Crippen LogP contribution in [0.3, 0.4) is 0 Å². The van der Waals surface area contributed by atoms with Gasteiger partial charge in [0.2, 0.25) is 0 Å². The lowest BCUT2D eigenvalue weighted by molar-refractivity contribution is -0.874. The molecule has 0 fully saturated rings. The fourth-order valence-corrected chi connectivity index (χ4v) is 3.38. The van der Waals surface area contributed by atoms with E-state index in [0.29, 0.717) is 6.54 Å². The summed E-state index contributed by atoms with van der Waals surface area (Å²) < 4.78 is 5.59. The van der Waals surface area contributed by atoms with Gasteiger partial charge in [-0.25, -0.2) is 0 Å². The number of quaternary nitrogens is 1. The summed E-state index contributed by atoms with van der Waals surface area (Å²) in [5, 5.41) is 13.4. The van der Waals surface area contributed by atoms with Gasteiger partial charge in [0, 0.05) is 0 Å². The van der Waals surface area contributed by atoms with Crippen LogP contribution < -0.4 is 15.0 Å². The van der Waals surface area contributed by atoms with Gasteiger partial charge in [0.15, 0.2) is 6.54 Å². The molecule has 3 rings (SSSR count). The van der Waals surface area contributed by atoms with Gasteiger partial charge in [0.05, 0.1) is 13.1 Å². The molecule has 0 bridgehead atoms. The van der Waals surface area contributed by atoms with Crippen molar-refractivity contribution in [3.05, 3.63) is 102 Å². The molecule has 0 aliphatic heterocycles. The van der Waals surface area contributed by atoms with Crippen LogP contribution in [0.4, 0.5) is 0 Å². The summed E-state index contributed by atoms with van der Waals surface area (Å²) in [5.74, 6) is 0.655. The predicted molar refractivity (Wildman–Crippen MR) is 117 cm³/mol. The van der Waals surface area contributed by atoms with Crippen LogP contribution in [0.5, 0.6) is 5.75 Å². The van der Waals surface area contributed by atoms with E-state index in [2.05, 4.69) is 5.32 Å². The second kappa shape index (κ2) is 11.1. The third-order valence-corrected chi connectivity index (χ3v) is 4.80. The minimum Gasteiger partial charge on any atom is -0.491 e. The van der Waals surface area contributed by atoms with E-state index in [1.807, 2.05) is 98.0 Å². The van der Waals surface area contributed by atoms with Crippen molar-refractivity contribution in [3.8, 4) is 5.75 Å². The van der Waals surface area contributed by atoms with Crippen LogP contribution in [0.15, 0.2) is 91.0 Å². The molecule has 5 nitrogen and oxygen atoms in total. The summed E-state index contributed by atoms with van der Waals surface area (Å²) in [7, 11) is 1.89. The summed E-state index contributed by atoms with van der Waals surface area (Å²) in [6, 6.07) is 29.0. The van der Waals surface area contributed by atoms with E-state index in [4.69, 9.17) is 4.74 Å². The molecule has 5 heteroatoms. The smallest absolute Gasteiger partial charge is 0.275 e. The summed E-state index contributed by atoms with van der Waals surface area (Å²) >= 11 is 0. The van der Waals surface area contributed by atoms with Crippen molar-refractivity contribution in [2.24, 2.45) is 0 Å². The standard InChI is InChI=1S/C25H28N2O3/c1-27(17-22(28)19-30-23-15-9-4-10-16-23)18-24(29)26-25(20-11-5-2-6-12-20)21-13-7-3-8-14-21/h2-16,22,25,28H,17-19H2,1H3,(H,26,29)/p+1/t22-/m1/s1. The van der Waals surface area contributed by atoms with Gasteiger partial charge >= 0.3 is 0 Å². The maximum Gasteiger partial charge on any atom is 0.275 e. The molecule has 0 saturated carbocycles. The van der Waals surface area contributed by atoms with Crippen molar-refractivity contribution in [3.63, 3.8) is 0 Å². The minimum absolute atomic E-state index is 0.0682. The maximum atomic E-state index is 12.7. The average molecular weight is 406 g/mol. The lowest BCUT2D eigenvalue weighted by Crippen LogP contribution is -3.11. The Bertz CT molecular complexity index is 849. The summed E-state index contributed by atoms with van der Waals surface area (Å²) in [5.41, 5.74) is 2.07. The molecular weight excluding hydrogens is 376 g/mol. The Morgan fingerprint density at radius 3 is 1.93 bits per heavy atom. The summed E-state index contributed by atoms with van der Waals surface area (Å²) in [6.45, 7) is 0.875. The number of carbonyl (C=O) groups is 1. The Kier molecular flexibility index (Phi) is 8.01. The van der Waals surface area contributed by atoms with Crippen LogP contribution in [0.2, 0.25) is 0 Å². The molecule has 0 aliphatic carbocycles. The molecule has 0 saturated heterocycles. The quantitative estimate of drug-likeness (QED) is 0.482. The number of hydrogen-bond acceptors (Lipinski definition) is 3. The summed E-state index contributed by atoms with van der Waals surface area (Å²) in [4.78, 5) is 13.6. The number of aliphatic hydroxyl groups excluding tert-OH is 1. The summed E-state index contributed by atoms with van der Waals surface area (Å²) in [6.07, 6.45) is -0.656. The van der Waals surface area contributed by atoms with E-state index in [9.17, 15) is 9.90 Å². The number of carbonyl (C=O) groups excluding carboxylic acids is 1. The van der Waals surface area contributed by atoms with Crippen molar-refractivity contribution in [1.29, 1.82) is 0 Å². The van der Waals surface area contributed by atoms with Gasteiger partial charge < -0.3 is 20.1 Å². The van der Waals surface area contributed by atoms with Gasteiger partial charge in [0.1, 0.15) is 25.0 Å². The predicted octanol–water partition coefficient (Wildman–Crippen LogP) is 1.85. The first-order chi connectivity index (χ1) is 14.6. The van der Waals surface area contributed by atoms with E-state index in [1.165, 1.54) is 0 Å². The van der Waals surface area contributed by atoms with E-state index in [1.54, 1.807) is 0 Å². The lowest BCUT2D eigenvalue weighted by Gasteiger charge is -2.22. The van der Waals surface area contributed by atoms with Gasteiger partial charge in [-0.3, -0.25) is 4.79 Å². The van der Waals surface area contributed by atoms with Crippen molar-refractivity contribution in [2.75, 3.05) is 26.7 Å². The number of likely N-dealkylation sites (N-methyl/N-ethyl adjacent to an activating group) is 1. The Hall–Kier alpha value is -3.15. The Labute approximate surface area is 177 Å². The first-order valence-electron chi connectivity index (χ1n) is 10.2. The highest BCUT2D eigenvalue weighted by atomic mass is 16.5. The highest BCUT2D eigenvalue weighted by Crippen LogP contribution is 2.21. The van der Waals surface area contributed by atoms with Gasteiger partial charge in [-0.15, -0.1) is 0 Å². The molecule has 3 N–H and O–H groups in total. The van der Waals surface area contributed by atoms with Crippen molar-refractivity contribution in [1.82, 2.24) is 5.32 Å². The van der Waals surface area contributed by atoms with E-state index in [-0.39, 0.29) is 25.1 Å². The molecule has 2 atom stereocenters. The number of para-hydroxylation sites is 1. The molecule has 30 heavy (non-hydrogen) atoms. The topological polar surface area (TPSA) is 63.0 Å². The molecule has 0 heterocycles. The zero-order valence-electron chi connectivity index (χ0n) is 17.2. The second-order valence-electron chi connectivity index (χ2n) is 7.44. The Balaban J connectivity index is 1.53. The fraction of sp³-hybridized carbons (Fsp3) is 0.240. The second-order valence-corrected chi connectivity index (χ2v) is 7.44. The molecular formula is C25H29N2O3+. The monoisotopic (exact) mass is 405 g/mol. The zero-order chi connectivity index (χ0) is 21.2. The van der Waals surface area contributed by atoms with Crippen LogP contribution in [-0.2, 0) is 4.79 Å². The third kappa shape index (κ3) is 6.72. The first kappa shape index (κ1) is 21.6. The van der Waals surface area contributed by atoms with E-state index < -0.39 is 6.10 Å². The van der Waals surface area contributed by atoms with E-state index in [0.717, 1.165) is 21.8 Å². The molecule has 0 spiro atoms. The number of hydrogen-bond donors (Lipinski definition) is 3. The fourth-order valence-electron chi connectivity index (χ4n) is 3.38. The highest BCUT2D eigenvalue weighted by molar-refractivity contribution is 5.77.